The molecule has 0 atom stereocenters. The molecule has 0 bridgehead atoms. The Hall–Kier alpha value is -3.57. The van der Waals surface area contributed by atoms with Crippen LogP contribution in [0.4, 0.5) is 0 Å². The molecule has 156 valence electrons. The van der Waals surface area contributed by atoms with Crippen LogP contribution < -0.4 is 9.47 Å². The summed E-state index contributed by atoms with van der Waals surface area (Å²) in [6.07, 6.45) is 1.66. The van der Waals surface area contributed by atoms with E-state index in [0.717, 1.165) is 11.1 Å². The average Bonchev–Trinajstić information content (AvgIpc) is 3.15. The van der Waals surface area contributed by atoms with Crippen LogP contribution in [0.1, 0.15) is 23.6 Å². The van der Waals surface area contributed by atoms with Gasteiger partial charge in [0.05, 0.1) is 6.61 Å². The largest absolute Gasteiger partial charge is 0.490 e. The summed E-state index contributed by atoms with van der Waals surface area (Å²) in [6.45, 7) is 2.83. The van der Waals surface area contributed by atoms with Gasteiger partial charge in [-0.1, -0.05) is 48.0 Å². The highest BCUT2D eigenvalue weighted by atomic mass is 35.5. The number of nitrogens with zero attached hydrogens (tertiary/aromatic N) is 1. The van der Waals surface area contributed by atoms with Gasteiger partial charge in [0.1, 0.15) is 6.61 Å². The summed E-state index contributed by atoms with van der Waals surface area (Å²) < 4.78 is 17.0. The third kappa shape index (κ3) is 5.13. The molecule has 3 aromatic rings. The van der Waals surface area contributed by atoms with Gasteiger partial charge >= 0.3 is 5.97 Å². The van der Waals surface area contributed by atoms with Crippen molar-refractivity contribution in [2.75, 3.05) is 6.61 Å². The van der Waals surface area contributed by atoms with Crippen molar-refractivity contribution in [2.45, 2.75) is 13.5 Å². The van der Waals surface area contributed by atoms with E-state index >= 15 is 0 Å². The second-order valence-electron chi connectivity index (χ2n) is 6.76. The summed E-state index contributed by atoms with van der Waals surface area (Å²) in [6, 6.07) is 22.3. The van der Waals surface area contributed by atoms with E-state index in [4.69, 9.17) is 25.8 Å². The van der Waals surface area contributed by atoms with E-state index < -0.39 is 5.97 Å². The molecule has 0 saturated carbocycles. The molecule has 0 unspecified atom stereocenters. The zero-order valence-electron chi connectivity index (χ0n) is 16.9. The van der Waals surface area contributed by atoms with Crippen molar-refractivity contribution < 1.29 is 19.0 Å². The molecule has 0 aromatic heterocycles. The third-order valence-corrected chi connectivity index (χ3v) is 4.77. The number of ether oxygens (including phenoxy) is 3. The lowest BCUT2D eigenvalue weighted by Gasteiger charge is -2.12. The highest BCUT2D eigenvalue weighted by molar-refractivity contribution is 6.30. The van der Waals surface area contributed by atoms with Crippen LogP contribution in [0.25, 0.3) is 6.08 Å². The fourth-order valence-corrected chi connectivity index (χ4v) is 3.15. The minimum Gasteiger partial charge on any atom is -0.490 e. The van der Waals surface area contributed by atoms with Crippen molar-refractivity contribution in [3.8, 4) is 11.5 Å². The van der Waals surface area contributed by atoms with Crippen LogP contribution in [-0.4, -0.2) is 18.5 Å². The number of cyclic esters (lactones) is 1. The summed E-state index contributed by atoms with van der Waals surface area (Å²) in [4.78, 5) is 16.6. The van der Waals surface area contributed by atoms with Gasteiger partial charge in [-0.25, -0.2) is 9.79 Å². The van der Waals surface area contributed by atoms with Gasteiger partial charge in [0.2, 0.25) is 5.90 Å². The Labute approximate surface area is 185 Å². The van der Waals surface area contributed by atoms with E-state index in [9.17, 15) is 4.79 Å². The highest BCUT2D eigenvalue weighted by Gasteiger charge is 2.24. The fourth-order valence-electron chi connectivity index (χ4n) is 3.02. The van der Waals surface area contributed by atoms with E-state index in [1.54, 1.807) is 30.3 Å². The quantitative estimate of drug-likeness (QED) is 0.356. The molecule has 3 aromatic carbocycles. The maximum absolute atomic E-state index is 12.3. The second kappa shape index (κ2) is 9.49. The lowest BCUT2D eigenvalue weighted by Crippen LogP contribution is -2.05. The number of aliphatic imine (C=N–C) groups is 1. The normalized spacial score (nSPS) is 14.3. The molecular formula is C25H20ClNO4. The molecule has 0 spiro atoms. The van der Waals surface area contributed by atoms with Gasteiger partial charge in [-0.3, -0.25) is 0 Å². The van der Waals surface area contributed by atoms with Crippen LogP contribution in [0.2, 0.25) is 5.02 Å². The smallest absolute Gasteiger partial charge is 0.363 e. The van der Waals surface area contributed by atoms with Crippen LogP contribution in [0.5, 0.6) is 11.5 Å². The van der Waals surface area contributed by atoms with E-state index in [1.807, 2.05) is 55.5 Å². The topological polar surface area (TPSA) is 57.1 Å². The Balaban J connectivity index is 1.56. The fraction of sp³-hybridized carbons (Fsp3) is 0.120. The predicted molar refractivity (Wildman–Crippen MR) is 120 cm³/mol. The molecule has 31 heavy (non-hydrogen) atoms. The molecule has 0 amide bonds. The standard InChI is InChI=1S/C25H20ClNO4/c1-2-29-23-15-18(8-13-22(23)30-16-17-6-4-3-5-7-17)14-21-25(28)31-24(27-21)19-9-11-20(26)12-10-19/h3-15H,2,16H2,1H3. The SMILES string of the molecule is CCOc1cc(C=C2N=C(c3ccc(Cl)cc3)OC2=O)ccc1OCc1ccccc1. The molecule has 0 saturated heterocycles. The van der Waals surface area contributed by atoms with Gasteiger partial charge in [0, 0.05) is 10.6 Å². The van der Waals surface area contributed by atoms with E-state index in [1.165, 1.54) is 0 Å². The number of esters is 1. The molecule has 0 aliphatic carbocycles. The average molecular weight is 434 g/mol. The molecule has 0 radical (unpaired) electrons. The second-order valence-corrected chi connectivity index (χ2v) is 7.19. The molecule has 0 fully saturated rings. The van der Waals surface area contributed by atoms with Crippen LogP contribution in [0.15, 0.2) is 83.5 Å². The molecular weight excluding hydrogens is 414 g/mol. The van der Waals surface area contributed by atoms with E-state index in [2.05, 4.69) is 4.99 Å². The first kappa shape index (κ1) is 20.7. The van der Waals surface area contributed by atoms with Crippen LogP contribution in [-0.2, 0) is 16.1 Å². The minimum absolute atomic E-state index is 0.213. The molecule has 0 N–H and O–H groups in total. The van der Waals surface area contributed by atoms with Gasteiger partial charge in [-0.15, -0.1) is 0 Å². The lowest BCUT2D eigenvalue weighted by molar-refractivity contribution is -0.129. The van der Waals surface area contributed by atoms with Gasteiger partial charge in [-0.2, -0.15) is 0 Å². The first-order valence-electron chi connectivity index (χ1n) is 9.84. The summed E-state index contributed by atoms with van der Waals surface area (Å²) in [5.41, 5.74) is 2.71. The van der Waals surface area contributed by atoms with Crippen molar-refractivity contribution >= 4 is 29.5 Å². The molecule has 5 nitrogen and oxygen atoms in total. The van der Waals surface area contributed by atoms with Crippen LogP contribution in [0.3, 0.4) is 0 Å². The number of halogens is 1. The highest BCUT2D eigenvalue weighted by Crippen LogP contribution is 2.31. The first-order chi connectivity index (χ1) is 15.1. The Bertz CT molecular complexity index is 1140. The van der Waals surface area contributed by atoms with Crippen molar-refractivity contribution in [3.63, 3.8) is 0 Å². The number of hydrogen-bond acceptors (Lipinski definition) is 5. The van der Waals surface area contributed by atoms with Crippen LogP contribution in [0, 0.1) is 0 Å². The number of carbonyl (C=O) groups excluding carboxylic acids is 1. The third-order valence-electron chi connectivity index (χ3n) is 4.52. The number of hydrogen-bond donors (Lipinski definition) is 0. The van der Waals surface area contributed by atoms with Crippen molar-refractivity contribution in [1.82, 2.24) is 0 Å². The zero-order valence-corrected chi connectivity index (χ0v) is 17.6. The summed E-state index contributed by atoms with van der Waals surface area (Å²) in [5, 5.41) is 0.600. The monoisotopic (exact) mass is 433 g/mol. The van der Waals surface area contributed by atoms with Crippen molar-refractivity contribution in [2.24, 2.45) is 4.99 Å². The molecule has 1 aliphatic heterocycles. The Morgan fingerprint density at radius 2 is 1.74 bits per heavy atom. The van der Waals surface area contributed by atoms with Crippen molar-refractivity contribution in [1.29, 1.82) is 0 Å². The summed E-state index contributed by atoms with van der Waals surface area (Å²) in [5.74, 6) is 0.973. The predicted octanol–water partition coefficient (Wildman–Crippen LogP) is 5.66. The zero-order chi connectivity index (χ0) is 21.6. The number of benzene rings is 3. The maximum atomic E-state index is 12.3. The Kier molecular flexibility index (Phi) is 6.34. The van der Waals surface area contributed by atoms with Gasteiger partial charge in [-0.05, 0) is 60.5 Å². The molecule has 1 aliphatic rings. The molecule has 6 heteroatoms. The van der Waals surface area contributed by atoms with Gasteiger partial charge < -0.3 is 14.2 Å². The number of rotatable bonds is 7. The molecule has 4 rings (SSSR count). The Morgan fingerprint density at radius 3 is 2.48 bits per heavy atom. The first-order valence-corrected chi connectivity index (χ1v) is 10.2. The van der Waals surface area contributed by atoms with Crippen molar-refractivity contribution in [3.05, 3.63) is 100 Å². The van der Waals surface area contributed by atoms with Gasteiger partial charge in [0.25, 0.3) is 0 Å². The van der Waals surface area contributed by atoms with Crippen LogP contribution >= 0.6 is 11.6 Å². The maximum Gasteiger partial charge on any atom is 0.363 e. The lowest BCUT2D eigenvalue weighted by atomic mass is 10.1. The summed E-state index contributed by atoms with van der Waals surface area (Å²) in [7, 11) is 0. The Morgan fingerprint density at radius 1 is 0.968 bits per heavy atom. The van der Waals surface area contributed by atoms with E-state index in [0.29, 0.717) is 35.3 Å². The number of carbonyl (C=O) groups is 1. The summed E-state index contributed by atoms with van der Waals surface area (Å²) >= 11 is 5.91. The van der Waals surface area contributed by atoms with E-state index in [-0.39, 0.29) is 11.6 Å². The minimum atomic E-state index is -0.507. The van der Waals surface area contributed by atoms with Gasteiger partial charge in [0.15, 0.2) is 17.2 Å². The molecule has 1 heterocycles.